The highest BCUT2D eigenvalue weighted by molar-refractivity contribution is 8.01. The minimum absolute atomic E-state index is 0.0548. The Morgan fingerprint density at radius 3 is 3.21 bits per heavy atom. The molecule has 1 rings (SSSR count). The number of carbonyl (C=O) groups excluding carboxylic acids is 1. The first-order valence-electron chi connectivity index (χ1n) is 3.97. The number of carbonyl (C=O) groups is 1. The number of hydrogen-bond acceptors (Lipinski definition) is 4. The summed E-state index contributed by atoms with van der Waals surface area (Å²) in [4.78, 5) is 15.4. The number of amides is 1. The molecule has 0 saturated carbocycles. The number of thiazole rings is 1. The van der Waals surface area contributed by atoms with E-state index in [0.29, 0.717) is 5.75 Å². The fourth-order valence-electron chi connectivity index (χ4n) is 0.727. The van der Waals surface area contributed by atoms with Gasteiger partial charge in [-0.05, 0) is 6.92 Å². The molecule has 1 aromatic heterocycles. The van der Waals surface area contributed by atoms with Crippen LogP contribution in [0.3, 0.4) is 0 Å². The molecule has 1 amide bonds. The quantitative estimate of drug-likeness (QED) is 0.621. The molecule has 0 aliphatic carbocycles. The molecular formula is C9H10N2OS2. The Morgan fingerprint density at radius 1 is 1.86 bits per heavy atom. The van der Waals surface area contributed by atoms with Crippen LogP contribution in [0, 0.1) is 19.3 Å². The number of aromatic nitrogens is 1. The predicted octanol–water partition coefficient (Wildman–Crippen LogP) is 1.29. The fraction of sp³-hybridized carbons (Fsp3) is 0.333. The van der Waals surface area contributed by atoms with Gasteiger partial charge in [0.15, 0.2) is 4.34 Å². The van der Waals surface area contributed by atoms with E-state index in [4.69, 9.17) is 6.42 Å². The Bertz CT molecular complexity index is 354. The monoisotopic (exact) mass is 226 g/mol. The van der Waals surface area contributed by atoms with Gasteiger partial charge in [-0.15, -0.1) is 17.8 Å². The van der Waals surface area contributed by atoms with Gasteiger partial charge < -0.3 is 5.32 Å². The number of terminal acetylenes is 1. The van der Waals surface area contributed by atoms with Crippen LogP contribution in [0.5, 0.6) is 0 Å². The maximum Gasteiger partial charge on any atom is 0.231 e. The Labute approximate surface area is 91.3 Å². The highest BCUT2D eigenvalue weighted by atomic mass is 32.2. The van der Waals surface area contributed by atoms with Crippen molar-refractivity contribution in [3.05, 3.63) is 11.1 Å². The van der Waals surface area contributed by atoms with Crippen LogP contribution in [0.2, 0.25) is 0 Å². The lowest BCUT2D eigenvalue weighted by Crippen LogP contribution is -2.25. The summed E-state index contributed by atoms with van der Waals surface area (Å²) >= 11 is 2.97. The molecule has 14 heavy (non-hydrogen) atoms. The first-order valence-corrected chi connectivity index (χ1v) is 5.84. The van der Waals surface area contributed by atoms with Crippen LogP contribution in [0.1, 0.15) is 5.69 Å². The largest absolute Gasteiger partial charge is 0.344 e. The van der Waals surface area contributed by atoms with E-state index >= 15 is 0 Å². The van der Waals surface area contributed by atoms with Crippen LogP contribution in [-0.2, 0) is 4.79 Å². The van der Waals surface area contributed by atoms with E-state index in [9.17, 15) is 4.79 Å². The van der Waals surface area contributed by atoms with Gasteiger partial charge in [0.2, 0.25) is 5.91 Å². The van der Waals surface area contributed by atoms with Gasteiger partial charge in [-0.25, -0.2) is 4.98 Å². The highest BCUT2D eigenvalue weighted by Crippen LogP contribution is 2.21. The van der Waals surface area contributed by atoms with Gasteiger partial charge in [-0.2, -0.15) is 0 Å². The second-order valence-corrected chi connectivity index (χ2v) is 4.60. The van der Waals surface area contributed by atoms with Crippen molar-refractivity contribution in [2.24, 2.45) is 0 Å². The second-order valence-electron chi connectivity index (χ2n) is 2.52. The third-order valence-electron chi connectivity index (χ3n) is 1.31. The standard InChI is InChI=1S/C9H10N2OS2/c1-3-4-10-8(12)6-14-9-11-7(2)5-13-9/h1,5H,4,6H2,2H3,(H,10,12). The Balaban J connectivity index is 2.27. The molecule has 0 spiro atoms. The van der Waals surface area contributed by atoms with Crippen LogP contribution in [0.15, 0.2) is 9.72 Å². The molecule has 0 bridgehead atoms. The van der Waals surface area contributed by atoms with Crippen LogP contribution in [-0.4, -0.2) is 23.2 Å². The van der Waals surface area contributed by atoms with E-state index in [0.717, 1.165) is 10.0 Å². The average Bonchev–Trinajstić information content (AvgIpc) is 2.58. The molecule has 0 aliphatic heterocycles. The number of rotatable bonds is 4. The van der Waals surface area contributed by atoms with E-state index in [-0.39, 0.29) is 12.5 Å². The van der Waals surface area contributed by atoms with E-state index in [2.05, 4.69) is 16.2 Å². The zero-order chi connectivity index (χ0) is 10.4. The fourth-order valence-corrected chi connectivity index (χ4v) is 2.41. The molecule has 1 heterocycles. The second kappa shape index (κ2) is 5.68. The van der Waals surface area contributed by atoms with Crippen LogP contribution in [0.25, 0.3) is 0 Å². The highest BCUT2D eigenvalue weighted by Gasteiger charge is 2.03. The van der Waals surface area contributed by atoms with Gasteiger partial charge in [0.25, 0.3) is 0 Å². The molecule has 0 saturated heterocycles. The normalized spacial score (nSPS) is 9.43. The van der Waals surface area contributed by atoms with Crippen molar-refractivity contribution in [1.82, 2.24) is 10.3 Å². The predicted molar refractivity (Wildman–Crippen MR) is 59.4 cm³/mol. The molecule has 74 valence electrons. The molecule has 5 heteroatoms. The SMILES string of the molecule is C#CCNC(=O)CSc1nc(C)cs1. The molecule has 3 nitrogen and oxygen atoms in total. The summed E-state index contributed by atoms with van der Waals surface area (Å²) in [5.41, 5.74) is 0.988. The summed E-state index contributed by atoms with van der Waals surface area (Å²) in [5.74, 6) is 2.66. The molecular weight excluding hydrogens is 216 g/mol. The molecule has 1 aromatic rings. The number of thioether (sulfide) groups is 1. The minimum atomic E-state index is -0.0548. The molecule has 0 aliphatic rings. The number of hydrogen-bond donors (Lipinski definition) is 1. The number of aryl methyl sites for hydroxylation is 1. The van der Waals surface area contributed by atoms with Crippen molar-refractivity contribution in [3.63, 3.8) is 0 Å². The molecule has 1 N–H and O–H groups in total. The Kier molecular flexibility index (Phi) is 4.50. The van der Waals surface area contributed by atoms with Gasteiger partial charge in [0, 0.05) is 11.1 Å². The van der Waals surface area contributed by atoms with Crippen LogP contribution < -0.4 is 5.32 Å². The van der Waals surface area contributed by atoms with Crippen molar-refractivity contribution < 1.29 is 4.79 Å². The molecule has 0 atom stereocenters. The maximum absolute atomic E-state index is 11.1. The Morgan fingerprint density at radius 2 is 2.64 bits per heavy atom. The summed E-state index contributed by atoms with van der Waals surface area (Å²) in [6, 6.07) is 0. The van der Waals surface area contributed by atoms with Crippen molar-refractivity contribution in [2.75, 3.05) is 12.3 Å². The summed E-state index contributed by atoms with van der Waals surface area (Å²) in [7, 11) is 0. The van der Waals surface area contributed by atoms with Gasteiger partial charge in [0.1, 0.15) is 0 Å². The lowest BCUT2D eigenvalue weighted by molar-refractivity contribution is -0.118. The van der Waals surface area contributed by atoms with Gasteiger partial charge in [0.05, 0.1) is 12.3 Å². The summed E-state index contributed by atoms with van der Waals surface area (Å²) in [6.07, 6.45) is 5.01. The van der Waals surface area contributed by atoms with Crippen molar-refractivity contribution in [2.45, 2.75) is 11.3 Å². The first-order chi connectivity index (χ1) is 6.72. The van der Waals surface area contributed by atoms with E-state index < -0.39 is 0 Å². The number of nitrogens with one attached hydrogen (secondary N) is 1. The molecule has 0 fully saturated rings. The Hall–Kier alpha value is -0.990. The van der Waals surface area contributed by atoms with Crippen molar-refractivity contribution in [1.29, 1.82) is 0 Å². The summed E-state index contributed by atoms with van der Waals surface area (Å²) in [6.45, 7) is 2.22. The lowest BCUT2D eigenvalue weighted by atomic mass is 10.6. The zero-order valence-electron chi connectivity index (χ0n) is 7.74. The molecule has 0 unspecified atom stereocenters. The summed E-state index contributed by atoms with van der Waals surface area (Å²) in [5, 5.41) is 4.55. The van der Waals surface area contributed by atoms with Gasteiger partial charge >= 0.3 is 0 Å². The third-order valence-corrected chi connectivity index (χ3v) is 3.45. The third kappa shape index (κ3) is 3.81. The maximum atomic E-state index is 11.1. The number of nitrogens with zero attached hydrogens (tertiary/aromatic N) is 1. The van der Waals surface area contributed by atoms with E-state index in [1.165, 1.54) is 11.8 Å². The topological polar surface area (TPSA) is 42.0 Å². The van der Waals surface area contributed by atoms with Gasteiger partial charge in [-0.3, -0.25) is 4.79 Å². The first kappa shape index (κ1) is 11.1. The molecule has 0 aromatic carbocycles. The smallest absolute Gasteiger partial charge is 0.231 e. The van der Waals surface area contributed by atoms with Crippen LogP contribution >= 0.6 is 23.1 Å². The lowest BCUT2D eigenvalue weighted by Gasteiger charge is -1.98. The van der Waals surface area contributed by atoms with Crippen molar-refractivity contribution >= 4 is 29.0 Å². The summed E-state index contributed by atoms with van der Waals surface area (Å²) < 4.78 is 0.915. The van der Waals surface area contributed by atoms with Crippen molar-refractivity contribution in [3.8, 4) is 12.3 Å². The van der Waals surface area contributed by atoms with Gasteiger partial charge in [-0.1, -0.05) is 17.7 Å². The van der Waals surface area contributed by atoms with E-state index in [1.54, 1.807) is 11.3 Å². The average molecular weight is 226 g/mol. The van der Waals surface area contributed by atoms with E-state index in [1.807, 2.05) is 12.3 Å². The minimum Gasteiger partial charge on any atom is -0.344 e. The zero-order valence-corrected chi connectivity index (χ0v) is 9.37. The molecule has 0 radical (unpaired) electrons. The van der Waals surface area contributed by atoms with Crippen LogP contribution in [0.4, 0.5) is 0 Å².